The summed E-state index contributed by atoms with van der Waals surface area (Å²) in [6.07, 6.45) is 2.51. The molecule has 1 atom stereocenters. The van der Waals surface area contributed by atoms with Crippen LogP contribution in [0, 0.1) is 12.8 Å². The van der Waals surface area contributed by atoms with Crippen LogP contribution in [-0.4, -0.2) is 32.9 Å². The van der Waals surface area contributed by atoms with Crippen LogP contribution in [0.4, 0.5) is 0 Å². The van der Waals surface area contributed by atoms with Crippen molar-refractivity contribution >= 4 is 0 Å². The number of fused-ring (bicyclic) bond motifs is 1. The molecular formula is C21H31N3O2. The molecule has 1 aromatic carbocycles. The Balaban J connectivity index is 1.76. The van der Waals surface area contributed by atoms with Gasteiger partial charge in [0, 0.05) is 43.5 Å². The first kappa shape index (κ1) is 18.9. The number of aromatic nitrogens is 2. The molecule has 0 radical (unpaired) electrons. The van der Waals surface area contributed by atoms with E-state index in [1.807, 2.05) is 16.8 Å². The van der Waals surface area contributed by atoms with Crippen molar-refractivity contribution in [2.45, 2.75) is 59.9 Å². The molecule has 3 rings (SSSR count). The van der Waals surface area contributed by atoms with Gasteiger partial charge in [-0.05, 0) is 43.9 Å². The van der Waals surface area contributed by atoms with Gasteiger partial charge in [0.1, 0.15) is 12.4 Å². The zero-order valence-corrected chi connectivity index (χ0v) is 16.4. The molecular weight excluding hydrogens is 326 g/mol. The van der Waals surface area contributed by atoms with Crippen molar-refractivity contribution in [2.75, 3.05) is 13.2 Å². The lowest BCUT2D eigenvalue weighted by atomic mass is 9.97. The van der Waals surface area contributed by atoms with Crippen molar-refractivity contribution in [2.24, 2.45) is 5.92 Å². The molecule has 1 N–H and O–H groups in total. The lowest BCUT2D eigenvalue weighted by Crippen LogP contribution is -2.25. The smallest absolute Gasteiger partial charge is 0.123 e. The standard InChI is InChI=1S/C21H31N3O2/c1-5-24-14-19(16(4)22-24)13-23-8-9-26-21-7-6-17(11-18(21)12-23)20(25)10-15(2)3/h6-7,11,14-15,20,25H,5,8-10,12-13H2,1-4H3. The molecule has 0 saturated carbocycles. The van der Waals surface area contributed by atoms with Gasteiger partial charge < -0.3 is 9.84 Å². The Morgan fingerprint density at radius 1 is 1.31 bits per heavy atom. The summed E-state index contributed by atoms with van der Waals surface area (Å²) in [5.41, 5.74) is 4.51. The van der Waals surface area contributed by atoms with Gasteiger partial charge in [0.25, 0.3) is 0 Å². The second-order valence-corrected chi connectivity index (χ2v) is 7.67. The molecule has 1 aromatic heterocycles. The van der Waals surface area contributed by atoms with E-state index >= 15 is 0 Å². The van der Waals surface area contributed by atoms with Gasteiger partial charge in [-0.25, -0.2) is 0 Å². The molecule has 0 saturated heterocycles. The molecule has 2 heterocycles. The summed E-state index contributed by atoms with van der Waals surface area (Å²) in [5, 5.41) is 15.0. The van der Waals surface area contributed by atoms with E-state index in [9.17, 15) is 5.11 Å². The van der Waals surface area contributed by atoms with Crippen LogP contribution in [0.2, 0.25) is 0 Å². The zero-order chi connectivity index (χ0) is 18.7. The van der Waals surface area contributed by atoms with Crippen molar-refractivity contribution in [1.29, 1.82) is 0 Å². The summed E-state index contributed by atoms with van der Waals surface area (Å²) in [5.74, 6) is 1.41. The number of ether oxygens (including phenoxy) is 1. The molecule has 0 spiro atoms. The average Bonchev–Trinajstić information content (AvgIpc) is 2.83. The van der Waals surface area contributed by atoms with E-state index in [0.717, 1.165) is 55.2 Å². The first-order chi connectivity index (χ1) is 12.5. The normalized spacial score (nSPS) is 16.2. The van der Waals surface area contributed by atoms with E-state index in [0.29, 0.717) is 12.5 Å². The van der Waals surface area contributed by atoms with Gasteiger partial charge in [-0.2, -0.15) is 5.10 Å². The number of rotatable bonds is 6. The third-order valence-corrected chi connectivity index (χ3v) is 4.99. The third kappa shape index (κ3) is 4.46. The number of nitrogens with zero attached hydrogens (tertiary/aromatic N) is 3. The van der Waals surface area contributed by atoms with Crippen molar-refractivity contribution in [3.8, 4) is 5.75 Å². The fourth-order valence-corrected chi connectivity index (χ4v) is 3.51. The second kappa shape index (κ2) is 8.23. The van der Waals surface area contributed by atoms with Crippen LogP contribution < -0.4 is 4.74 Å². The molecule has 1 aliphatic heterocycles. The number of benzene rings is 1. The van der Waals surface area contributed by atoms with Gasteiger partial charge in [0.05, 0.1) is 11.8 Å². The monoisotopic (exact) mass is 357 g/mol. The van der Waals surface area contributed by atoms with Crippen LogP contribution in [0.1, 0.15) is 55.7 Å². The maximum absolute atomic E-state index is 10.5. The summed E-state index contributed by atoms with van der Waals surface area (Å²) in [6, 6.07) is 6.12. The minimum absolute atomic E-state index is 0.415. The van der Waals surface area contributed by atoms with E-state index < -0.39 is 6.10 Å². The van der Waals surface area contributed by atoms with E-state index in [-0.39, 0.29) is 0 Å². The molecule has 142 valence electrons. The average molecular weight is 357 g/mol. The van der Waals surface area contributed by atoms with E-state index in [4.69, 9.17) is 4.74 Å². The van der Waals surface area contributed by atoms with Gasteiger partial charge in [-0.1, -0.05) is 19.9 Å². The summed E-state index contributed by atoms with van der Waals surface area (Å²) in [7, 11) is 0. The largest absolute Gasteiger partial charge is 0.492 e. The fraction of sp³-hybridized carbons (Fsp3) is 0.571. The molecule has 26 heavy (non-hydrogen) atoms. The molecule has 1 aliphatic rings. The number of aliphatic hydroxyl groups is 1. The molecule has 2 aromatic rings. The molecule has 0 aliphatic carbocycles. The molecule has 0 fully saturated rings. The van der Waals surface area contributed by atoms with E-state index in [1.165, 1.54) is 5.56 Å². The highest BCUT2D eigenvalue weighted by molar-refractivity contribution is 5.38. The van der Waals surface area contributed by atoms with Crippen LogP contribution >= 0.6 is 0 Å². The highest BCUT2D eigenvalue weighted by atomic mass is 16.5. The predicted octanol–water partition coefficient (Wildman–Crippen LogP) is 3.69. The lowest BCUT2D eigenvalue weighted by Gasteiger charge is -2.20. The van der Waals surface area contributed by atoms with E-state index in [2.05, 4.69) is 50.0 Å². The Hall–Kier alpha value is -1.85. The van der Waals surface area contributed by atoms with Gasteiger partial charge >= 0.3 is 0 Å². The molecule has 5 heteroatoms. The Bertz CT molecular complexity index is 739. The quantitative estimate of drug-likeness (QED) is 0.857. The Morgan fingerprint density at radius 3 is 2.81 bits per heavy atom. The maximum Gasteiger partial charge on any atom is 0.123 e. The van der Waals surface area contributed by atoms with Crippen LogP contribution in [0.5, 0.6) is 5.75 Å². The summed E-state index contributed by atoms with van der Waals surface area (Å²) in [6.45, 7) is 12.6. The summed E-state index contributed by atoms with van der Waals surface area (Å²) < 4.78 is 7.94. The zero-order valence-electron chi connectivity index (χ0n) is 16.4. The van der Waals surface area contributed by atoms with Gasteiger partial charge in [-0.15, -0.1) is 0 Å². The van der Waals surface area contributed by atoms with Crippen LogP contribution in [0.3, 0.4) is 0 Å². The highest BCUT2D eigenvalue weighted by Crippen LogP contribution is 2.29. The van der Waals surface area contributed by atoms with Crippen molar-refractivity contribution < 1.29 is 9.84 Å². The Labute approximate surface area is 156 Å². The van der Waals surface area contributed by atoms with E-state index in [1.54, 1.807) is 0 Å². The highest BCUT2D eigenvalue weighted by Gasteiger charge is 2.19. The number of aliphatic hydroxyl groups excluding tert-OH is 1. The number of hydrogen-bond acceptors (Lipinski definition) is 4. The number of aryl methyl sites for hydroxylation is 2. The van der Waals surface area contributed by atoms with Crippen molar-refractivity contribution in [3.05, 3.63) is 46.8 Å². The Kier molecular flexibility index (Phi) is 5.99. The maximum atomic E-state index is 10.5. The lowest BCUT2D eigenvalue weighted by molar-refractivity contribution is 0.151. The first-order valence-electron chi connectivity index (χ1n) is 9.65. The van der Waals surface area contributed by atoms with Gasteiger partial charge in [0.2, 0.25) is 0 Å². The minimum Gasteiger partial charge on any atom is -0.492 e. The summed E-state index contributed by atoms with van der Waals surface area (Å²) >= 11 is 0. The predicted molar refractivity (Wildman–Crippen MR) is 103 cm³/mol. The van der Waals surface area contributed by atoms with Crippen LogP contribution in [0.15, 0.2) is 24.4 Å². The van der Waals surface area contributed by atoms with Gasteiger partial charge in [-0.3, -0.25) is 9.58 Å². The Morgan fingerprint density at radius 2 is 2.12 bits per heavy atom. The fourth-order valence-electron chi connectivity index (χ4n) is 3.51. The third-order valence-electron chi connectivity index (χ3n) is 4.99. The number of hydrogen-bond donors (Lipinski definition) is 1. The molecule has 0 amide bonds. The molecule has 5 nitrogen and oxygen atoms in total. The minimum atomic E-state index is -0.415. The van der Waals surface area contributed by atoms with Crippen LogP contribution in [0.25, 0.3) is 0 Å². The SMILES string of the molecule is CCn1cc(CN2CCOc3ccc(C(O)CC(C)C)cc3C2)c(C)n1. The molecule has 0 bridgehead atoms. The first-order valence-corrected chi connectivity index (χ1v) is 9.65. The van der Waals surface area contributed by atoms with Crippen molar-refractivity contribution in [1.82, 2.24) is 14.7 Å². The summed E-state index contributed by atoms with van der Waals surface area (Å²) in [4.78, 5) is 2.40. The molecule has 1 unspecified atom stereocenters. The van der Waals surface area contributed by atoms with Crippen LogP contribution in [-0.2, 0) is 19.6 Å². The topological polar surface area (TPSA) is 50.5 Å². The van der Waals surface area contributed by atoms with Gasteiger partial charge in [0.15, 0.2) is 0 Å². The second-order valence-electron chi connectivity index (χ2n) is 7.67. The van der Waals surface area contributed by atoms with Crippen molar-refractivity contribution in [3.63, 3.8) is 0 Å².